The van der Waals surface area contributed by atoms with Gasteiger partial charge in [0.2, 0.25) is 5.91 Å². The van der Waals surface area contributed by atoms with Crippen LogP contribution in [0.2, 0.25) is 0 Å². The standard InChI is InChI=1S/C15H21NO3S/c1-5-20-13(9(2)3)14(17)16-11-6-7-12(15(18)19)10(4)8-11/h6-9,13H,5H2,1-4H3,(H,16,17)(H,18,19). The Morgan fingerprint density at radius 1 is 1.35 bits per heavy atom. The van der Waals surface area contributed by atoms with E-state index >= 15 is 0 Å². The number of carboxylic acid groups (broad SMARTS) is 1. The minimum atomic E-state index is -0.957. The third kappa shape index (κ3) is 4.27. The van der Waals surface area contributed by atoms with Gasteiger partial charge >= 0.3 is 5.97 Å². The van der Waals surface area contributed by atoms with Crippen LogP contribution in [-0.4, -0.2) is 28.0 Å². The molecule has 110 valence electrons. The topological polar surface area (TPSA) is 66.4 Å². The number of carbonyl (C=O) groups is 2. The molecule has 1 amide bonds. The van der Waals surface area contributed by atoms with Crippen LogP contribution in [-0.2, 0) is 4.79 Å². The predicted octanol–water partition coefficient (Wildman–Crippen LogP) is 3.41. The number of aryl methyl sites for hydroxylation is 1. The number of thioether (sulfide) groups is 1. The van der Waals surface area contributed by atoms with Crippen LogP contribution >= 0.6 is 11.8 Å². The molecule has 1 atom stereocenters. The molecule has 0 aliphatic rings. The first kappa shape index (κ1) is 16.6. The minimum absolute atomic E-state index is 0.0330. The summed E-state index contributed by atoms with van der Waals surface area (Å²) in [5.41, 5.74) is 1.53. The lowest BCUT2D eigenvalue weighted by atomic mass is 10.1. The summed E-state index contributed by atoms with van der Waals surface area (Å²) in [6.07, 6.45) is 0. The fourth-order valence-electron chi connectivity index (χ4n) is 1.95. The monoisotopic (exact) mass is 295 g/mol. The average Bonchev–Trinajstić information content (AvgIpc) is 2.34. The van der Waals surface area contributed by atoms with Gasteiger partial charge in [-0.25, -0.2) is 4.79 Å². The molecule has 2 N–H and O–H groups in total. The Hall–Kier alpha value is -1.49. The molecule has 1 unspecified atom stereocenters. The van der Waals surface area contributed by atoms with Gasteiger partial charge in [-0.15, -0.1) is 11.8 Å². The molecule has 0 saturated heterocycles. The second-order valence-corrected chi connectivity index (χ2v) is 6.36. The minimum Gasteiger partial charge on any atom is -0.478 e. The highest BCUT2D eigenvalue weighted by Gasteiger charge is 2.22. The number of hydrogen-bond acceptors (Lipinski definition) is 3. The number of carboxylic acids is 1. The van der Waals surface area contributed by atoms with E-state index < -0.39 is 5.97 Å². The maximum atomic E-state index is 12.2. The molecule has 0 saturated carbocycles. The SMILES string of the molecule is CCSC(C(=O)Nc1ccc(C(=O)O)c(C)c1)C(C)C. The normalized spacial score (nSPS) is 12.2. The van der Waals surface area contributed by atoms with Crippen molar-refractivity contribution in [2.24, 2.45) is 5.92 Å². The van der Waals surface area contributed by atoms with Crippen molar-refractivity contribution in [1.29, 1.82) is 0 Å². The van der Waals surface area contributed by atoms with Crippen molar-refractivity contribution in [3.8, 4) is 0 Å². The summed E-state index contributed by atoms with van der Waals surface area (Å²) in [4.78, 5) is 23.2. The summed E-state index contributed by atoms with van der Waals surface area (Å²) in [7, 11) is 0. The Morgan fingerprint density at radius 3 is 2.45 bits per heavy atom. The Morgan fingerprint density at radius 2 is 2.00 bits per heavy atom. The maximum absolute atomic E-state index is 12.2. The average molecular weight is 295 g/mol. The van der Waals surface area contributed by atoms with Gasteiger partial charge in [0.25, 0.3) is 0 Å². The first-order valence-electron chi connectivity index (χ1n) is 6.63. The summed E-state index contributed by atoms with van der Waals surface area (Å²) in [5, 5.41) is 11.7. The molecule has 0 spiro atoms. The van der Waals surface area contributed by atoms with E-state index in [1.807, 2.05) is 20.8 Å². The number of benzene rings is 1. The van der Waals surface area contributed by atoms with Crippen LogP contribution in [0.1, 0.15) is 36.7 Å². The van der Waals surface area contributed by atoms with Crippen LogP contribution in [0.3, 0.4) is 0 Å². The number of nitrogens with one attached hydrogen (secondary N) is 1. The van der Waals surface area contributed by atoms with Crippen LogP contribution in [0, 0.1) is 12.8 Å². The zero-order valence-electron chi connectivity index (χ0n) is 12.3. The first-order valence-corrected chi connectivity index (χ1v) is 7.68. The Bertz CT molecular complexity index is 500. The molecule has 0 bridgehead atoms. The van der Waals surface area contributed by atoms with E-state index in [4.69, 9.17) is 5.11 Å². The van der Waals surface area contributed by atoms with E-state index in [0.717, 1.165) is 5.75 Å². The molecule has 0 aromatic heterocycles. The highest BCUT2D eigenvalue weighted by atomic mass is 32.2. The fraction of sp³-hybridized carbons (Fsp3) is 0.467. The largest absolute Gasteiger partial charge is 0.478 e. The molecule has 0 radical (unpaired) electrons. The molecule has 0 aliphatic heterocycles. The molecular weight excluding hydrogens is 274 g/mol. The number of anilines is 1. The van der Waals surface area contributed by atoms with Gasteiger partial charge in [-0.2, -0.15) is 0 Å². The van der Waals surface area contributed by atoms with Crippen LogP contribution in [0.15, 0.2) is 18.2 Å². The van der Waals surface area contributed by atoms with Crippen molar-refractivity contribution in [1.82, 2.24) is 0 Å². The summed E-state index contributed by atoms with van der Waals surface area (Å²) in [5.74, 6) is 0.142. The van der Waals surface area contributed by atoms with Crippen molar-refractivity contribution in [3.63, 3.8) is 0 Å². The van der Waals surface area contributed by atoms with Crippen LogP contribution in [0.5, 0.6) is 0 Å². The summed E-state index contributed by atoms with van der Waals surface area (Å²) >= 11 is 1.62. The lowest BCUT2D eigenvalue weighted by molar-refractivity contribution is -0.116. The van der Waals surface area contributed by atoms with Crippen LogP contribution in [0.25, 0.3) is 0 Å². The molecule has 1 rings (SSSR count). The number of hydrogen-bond donors (Lipinski definition) is 2. The Labute approximate surface area is 124 Å². The lowest BCUT2D eigenvalue weighted by Crippen LogP contribution is -2.29. The van der Waals surface area contributed by atoms with Crippen molar-refractivity contribution >= 4 is 29.3 Å². The number of carbonyl (C=O) groups excluding carboxylic acids is 1. The van der Waals surface area contributed by atoms with Crippen molar-refractivity contribution in [2.75, 3.05) is 11.1 Å². The lowest BCUT2D eigenvalue weighted by Gasteiger charge is -2.19. The van der Waals surface area contributed by atoms with Gasteiger partial charge in [-0.1, -0.05) is 20.8 Å². The van der Waals surface area contributed by atoms with Gasteiger partial charge < -0.3 is 10.4 Å². The summed E-state index contributed by atoms with van der Waals surface area (Å²) < 4.78 is 0. The molecule has 5 heteroatoms. The van der Waals surface area contributed by atoms with Crippen LogP contribution < -0.4 is 5.32 Å². The second-order valence-electron chi connectivity index (χ2n) is 4.94. The Balaban J connectivity index is 2.85. The highest BCUT2D eigenvalue weighted by molar-refractivity contribution is 8.00. The second kappa shape index (κ2) is 7.33. The Kier molecular flexibility index (Phi) is 6.07. The van der Waals surface area contributed by atoms with E-state index in [1.54, 1.807) is 30.8 Å². The van der Waals surface area contributed by atoms with Crippen molar-refractivity contribution in [3.05, 3.63) is 29.3 Å². The molecule has 1 aromatic rings. The van der Waals surface area contributed by atoms with Crippen molar-refractivity contribution < 1.29 is 14.7 Å². The molecule has 0 heterocycles. The van der Waals surface area contributed by atoms with E-state index in [-0.39, 0.29) is 22.6 Å². The zero-order valence-corrected chi connectivity index (χ0v) is 13.1. The molecule has 20 heavy (non-hydrogen) atoms. The first-order chi connectivity index (χ1) is 9.36. The van der Waals surface area contributed by atoms with E-state index in [9.17, 15) is 9.59 Å². The maximum Gasteiger partial charge on any atom is 0.335 e. The summed E-state index contributed by atoms with van der Waals surface area (Å²) in [6.45, 7) is 7.79. The molecule has 1 aromatic carbocycles. The van der Waals surface area contributed by atoms with E-state index in [2.05, 4.69) is 5.32 Å². The van der Waals surface area contributed by atoms with E-state index in [0.29, 0.717) is 11.3 Å². The van der Waals surface area contributed by atoms with Gasteiger partial charge in [0.1, 0.15) is 0 Å². The highest BCUT2D eigenvalue weighted by Crippen LogP contribution is 2.22. The fourth-order valence-corrected chi connectivity index (χ4v) is 2.90. The van der Waals surface area contributed by atoms with Crippen molar-refractivity contribution in [2.45, 2.75) is 32.9 Å². The quantitative estimate of drug-likeness (QED) is 0.844. The number of rotatable bonds is 6. The van der Waals surface area contributed by atoms with Gasteiger partial charge in [0.15, 0.2) is 0 Å². The van der Waals surface area contributed by atoms with Gasteiger partial charge in [0, 0.05) is 5.69 Å². The molecular formula is C15H21NO3S. The third-order valence-corrected chi connectivity index (χ3v) is 4.39. The zero-order chi connectivity index (χ0) is 15.3. The predicted molar refractivity (Wildman–Crippen MR) is 83.5 cm³/mol. The third-order valence-electron chi connectivity index (χ3n) is 2.93. The summed E-state index contributed by atoms with van der Waals surface area (Å²) in [6, 6.07) is 4.84. The van der Waals surface area contributed by atoms with E-state index in [1.165, 1.54) is 6.07 Å². The molecule has 0 fully saturated rings. The smallest absolute Gasteiger partial charge is 0.335 e. The molecule has 4 nitrogen and oxygen atoms in total. The number of aromatic carboxylic acids is 1. The molecule has 0 aliphatic carbocycles. The number of amides is 1. The van der Waals surface area contributed by atoms with Gasteiger partial charge in [-0.3, -0.25) is 4.79 Å². The van der Waals surface area contributed by atoms with Gasteiger partial charge in [-0.05, 0) is 42.4 Å². The van der Waals surface area contributed by atoms with Crippen LogP contribution in [0.4, 0.5) is 5.69 Å². The van der Waals surface area contributed by atoms with Gasteiger partial charge in [0.05, 0.1) is 10.8 Å².